The summed E-state index contributed by atoms with van der Waals surface area (Å²) in [6, 6.07) is 33.6. The minimum Gasteiger partial charge on any atom is -0.490 e. The molecule has 0 radical (unpaired) electrons. The molecule has 0 aliphatic carbocycles. The fourth-order valence-electron chi connectivity index (χ4n) is 3.57. The summed E-state index contributed by atoms with van der Waals surface area (Å²) in [6.07, 6.45) is 1.87. The maximum Gasteiger partial charge on any atom is 0.161 e. The molecule has 0 fully saturated rings. The van der Waals surface area contributed by atoms with Crippen molar-refractivity contribution in [3.63, 3.8) is 0 Å². The molecule has 0 saturated carbocycles. The third-order valence-electron chi connectivity index (χ3n) is 5.42. The molecule has 4 nitrogen and oxygen atoms in total. The van der Waals surface area contributed by atoms with Crippen molar-refractivity contribution in [3.05, 3.63) is 124 Å². The quantitative estimate of drug-likeness (QED) is 0.151. The van der Waals surface area contributed by atoms with E-state index < -0.39 is 0 Å². The molecule has 0 amide bonds. The molecule has 0 aliphatic heterocycles. The molecule has 5 heteroatoms. The molecule has 36 heavy (non-hydrogen) atoms. The number of hydrogen-bond acceptors (Lipinski definition) is 4. The molecule has 0 bridgehead atoms. The second-order valence-corrected chi connectivity index (χ2v) is 8.94. The average Bonchev–Trinajstić information content (AvgIpc) is 2.92. The highest BCUT2D eigenvalue weighted by atomic mass is 79.9. The fourth-order valence-corrected chi connectivity index (χ4v) is 3.83. The molecule has 0 aromatic heterocycles. The topological polar surface area (TPSA) is 51.5 Å². The van der Waals surface area contributed by atoms with E-state index in [1.54, 1.807) is 0 Å². The van der Waals surface area contributed by atoms with Crippen LogP contribution in [-0.2, 0) is 13.2 Å². The van der Waals surface area contributed by atoms with Crippen molar-refractivity contribution >= 4 is 27.6 Å². The van der Waals surface area contributed by atoms with Gasteiger partial charge in [0.15, 0.2) is 11.5 Å². The Bertz CT molecular complexity index is 1340. The molecule has 0 saturated heterocycles. The van der Waals surface area contributed by atoms with Gasteiger partial charge in [-0.25, -0.2) is 0 Å². The van der Waals surface area contributed by atoms with E-state index in [2.05, 4.69) is 22.0 Å². The summed E-state index contributed by atoms with van der Waals surface area (Å²) >= 11 is 3.42. The van der Waals surface area contributed by atoms with Crippen molar-refractivity contribution < 1.29 is 14.2 Å². The van der Waals surface area contributed by atoms with Crippen LogP contribution in [0, 0.1) is 11.3 Å². The zero-order valence-electron chi connectivity index (χ0n) is 20.0. The van der Waals surface area contributed by atoms with Gasteiger partial charge >= 0.3 is 0 Å². The average molecular weight is 540 g/mol. The van der Waals surface area contributed by atoms with Gasteiger partial charge in [0.25, 0.3) is 0 Å². The standard InChI is InChI=1S/C31H26BrNO3/c1-2-34-31-19-25(10-17-30(31)36-21-24-6-4-3-5-7-24)22-35-29-15-8-23(9-16-29)18-27(20-33)26-11-13-28(32)14-12-26/h3-19H,2,21-22H2,1H3/b27-18+. The monoisotopic (exact) mass is 539 g/mol. The molecule has 4 aromatic rings. The first-order valence-electron chi connectivity index (χ1n) is 11.7. The van der Waals surface area contributed by atoms with E-state index in [4.69, 9.17) is 14.2 Å². The first-order chi connectivity index (χ1) is 17.6. The Labute approximate surface area is 220 Å². The maximum absolute atomic E-state index is 9.57. The Morgan fingerprint density at radius 2 is 1.50 bits per heavy atom. The lowest BCUT2D eigenvalue weighted by Crippen LogP contribution is -2.02. The predicted octanol–water partition coefficient (Wildman–Crippen LogP) is 8.07. The second-order valence-electron chi connectivity index (χ2n) is 8.02. The van der Waals surface area contributed by atoms with Gasteiger partial charge in [0.2, 0.25) is 0 Å². The molecule has 0 spiro atoms. The van der Waals surface area contributed by atoms with Crippen LogP contribution in [0.5, 0.6) is 17.2 Å². The third kappa shape index (κ3) is 7.00. The van der Waals surface area contributed by atoms with Crippen molar-refractivity contribution in [2.45, 2.75) is 20.1 Å². The van der Waals surface area contributed by atoms with Crippen LogP contribution in [-0.4, -0.2) is 6.61 Å². The number of nitrogens with zero attached hydrogens (tertiary/aromatic N) is 1. The Morgan fingerprint density at radius 1 is 0.778 bits per heavy atom. The normalized spacial score (nSPS) is 11.0. The minimum absolute atomic E-state index is 0.399. The molecule has 4 rings (SSSR count). The Kier molecular flexibility index (Phi) is 8.80. The number of nitriles is 1. The van der Waals surface area contributed by atoms with Gasteiger partial charge in [-0.2, -0.15) is 5.26 Å². The van der Waals surface area contributed by atoms with Crippen molar-refractivity contribution in [3.8, 4) is 23.3 Å². The lowest BCUT2D eigenvalue weighted by Gasteiger charge is -2.14. The SMILES string of the molecule is CCOc1cc(COc2ccc(/C=C(\C#N)c3ccc(Br)cc3)cc2)ccc1OCc1ccccc1. The molecule has 0 heterocycles. The summed E-state index contributed by atoms with van der Waals surface area (Å²) in [7, 11) is 0. The minimum atomic E-state index is 0.399. The molecule has 180 valence electrons. The lowest BCUT2D eigenvalue weighted by atomic mass is 10.0. The fraction of sp³-hybridized carbons (Fsp3) is 0.129. The van der Waals surface area contributed by atoms with Gasteiger partial charge in [-0.15, -0.1) is 0 Å². The number of halogens is 1. The van der Waals surface area contributed by atoms with E-state index in [1.165, 1.54) is 0 Å². The van der Waals surface area contributed by atoms with Gasteiger partial charge in [0, 0.05) is 4.47 Å². The molecular formula is C31H26BrNO3. The van der Waals surface area contributed by atoms with Crippen molar-refractivity contribution in [1.82, 2.24) is 0 Å². The third-order valence-corrected chi connectivity index (χ3v) is 5.95. The maximum atomic E-state index is 9.57. The van der Waals surface area contributed by atoms with Gasteiger partial charge in [0.1, 0.15) is 19.0 Å². The number of ether oxygens (including phenoxy) is 3. The summed E-state index contributed by atoms with van der Waals surface area (Å²) < 4.78 is 18.8. The van der Waals surface area contributed by atoms with E-state index in [-0.39, 0.29) is 0 Å². The van der Waals surface area contributed by atoms with Crippen molar-refractivity contribution in [1.29, 1.82) is 5.26 Å². The van der Waals surface area contributed by atoms with E-state index in [0.29, 0.717) is 36.9 Å². The molecular weight excluding hydrogens is 514 g/mol. The van der Waals surface area contributed by atoms with Crippen molar-refractivity contribution in [2.24, 2.45) is 0 Å². The summed E-state index contributed by atoms with van der Waals surface area (Å²) in [6.45, 7) is 3.38. The Balaban J connectivity index is 1.39. The van der Waals surface area contributed by atoms with Gasteiger partial charge < -0.3 is 14.2 Å². The van der Waals surface area contributed by atoms with E-state index >= 15 is 0 Å². The van der Waals surface area contributed by atoms with E-state index in [9.17, 15) is 5.26 Å². The van der Waals surface area contributed by atoms with Crippen LogP contribution < -0.4 is 14.2 Å². The molecule has 4 aromatic carbocycles. The smallest absolute Gasteiger partial charge is 0.161 e. The zero-order valence-corrected chi connectivity index (χ0v) is 21.6. The summed E-state index contributed by atoms with van der Waals surface area (Å²) in [5.74, 6) is 2.16. The Hall–Kier alpha value is -4.01. The summed E-state index contributed by atoms with van der Waals surface area (Å²) in [4.78, 5) is 0. The summed E-state index contributed by atoms with van der Waals surface area (Å²) in [5.41, 5.74) is 4.50. The number of hydrogen-bond donors (Lipinski definition) is 0. The highest BCUT2D eigenvalue weighted by molar-refractivity contribution is 9.10. The molecule has 0 aliphatic rings. The second kappa shape index (κ2) is 12.6. The van der Waals surface area contributed by atoms with Crippen molar-refractivity contribution in [2.75, 3.05) is 6.61 Å². The van der Waals surface area contributed by atoms with Gasteiger partial charge in [0.05, 0.1) is 18.2 Å². The first-order valence-corrected chi connectivity index (χ1v) is 12.5. The lowest BCUT2D eigenvalue weighted by molar-refractivity contribution is 0.267. The van der Waals surface area contributed by atoms with Crippen LogP contribution >= 0.6 is 15.9 Å². The number of benzene rings is 4. The van der Waals surface area contributed by atoms with Gasteiger partial charge in [-0.3, -0.25) is 0 Å². The van der Waals surface area contributed by atoms with E-state index in [0.717, 1.165) is 32.5 Å². The van der Waals surface area contributed by atoms with Crippen LogP contribution in [0.1, 0.15) is 29.2 Å². The largest absolute Gasteiger partial charge is 0.490 e. The molecule has 0 unspecified atom stereocenters. The highest BCUT2D eigenvalue weighted by Gasteiger charge is 2.08. The molecule has 0 atom stereocenters. The van der Waals surface area contributed by atoms with Gasteiger partial charge in [-0.1, -0.05) is 76.6 Å². The van der Waals surface area contributed by atoms with Crippen LogP contribution in [0.3, 0.4) is 0 Å². The summed E-state index contributed by atoms with van der Waals surface area (Å²) in [5, 5.41) is 9.57. The predicted molar refractivity (Wildman–Crippen MR) is 147 cm³/mol. The van der Waals surface area contributed by atoms with Crippen LogP contribution in [0.2, 0.25) is 0 Å². The van der Waals surface area contributed by atoms with Gasteiger partial charge in [-0.05, 0) is 71.7 Å². The van der Waals surface area contributed by atoms with E-state index in [1.807, 2.05) is 110 Å². The van der Waals surface area contributed by atoms with Crippen LogP contribution in [0.4, 0.5) is 0 Å². The highest BCUT2D eigenvalue weighted by Crippen LogP contribution is 2.30. The number of allylic oxidation sites excluding steroid dienone is 1. The van der Waals surface area contributed by atoms with Crippen LogP contribution in [0.25, 0.3) is 11.6 Å². The Morgan fingerprint density at radius 3 is 2.19 bits per heavy atom. The first kappa shape index (κ1) is 25.1. The van der Waals surface area contributed by atoms with Crippen LogP contribution in [0.15, 0.2) is 102 Å². The zero-order chi connectivity index (χ0) is 25.2. The molecule has 0 N–H and O–H groups in total. The number of rotatable bonds is 10.